The summed E-state index contributed by atoms with van der Waals surface area (Å²) in [6.45, 7) is -2.26. The van der Waals surface area contributed by atoms with E-state index in [0.29, 0.717) is 0 Å². The Kier molecular flexibility index (Phi) is 4.40. The lowest BCUT2D eigenvalue weighted by Crippen LogP contribution is -2.79. The van der Waals surface area contributed by atoms with Gasteiger partial charge in [-0.25, -0.2) is 0 Å². The number of fused-ring (bicyclic) bond motifs is 2. The zero-order valence-corrected chi connectivity index (χ0v) is 11.9. The van der Waals surface area contributed by atoms with E-state index in [-0.39, 0.29) is 0 Å². The van der Waals surface area contributed by atoms with Crippen molar-refractivity contribution in [2.75, 3.05) is 19.8 Å². The quantitative estimate of drug-likeness (QED) is 0.255. The van der Waals surface area contributed by atoms with Crippen molar-refractivity contribution in [3.8, 4) is 0 Å². The van der Waals surface area contributed by atoms with Gasteiger partial charge in [-0.05, 0) is 0 Å². The van der Waals surface area contributed by atoms with E-state index >= 15 is 0 Å². The van der Waals surface area contributed by atoms with Crippen molar-refractivity contribution >= 4 is 0 Å². The predicted octanol–water partition coefficient (Wildman–Crippen LogP) is -5.03. The SMILES string of the molecule is OC[C@H]1OC(CO)(O[C@H]2OC3(CO)OC(C2O)[C@@H]3O)C(O)C1O. The Morgan fingerprint density at radius 2 is 1.52 bits per heavy atom. The molecule has 4 aliphatic rings. The highest BCUT2D eigenvalue weighted by molar-refractivity contribution is 5.06. The molecule has 134 valence electrons. The summed E-state index contributed by atoms with van der Waals surface area (Å²) in [7, 11) is 0. The minimum Gasteiger partial charge on any atom is -0.394 e. The molecule has 4 fully saturated rings. The van der Waals surface area contributed by atoms with Gasteiger partial charge in [-0.15, -0.1) is 0 Å². The van der Waals surface area contributed by atoms with Crippen LogP contribution in [0, 0.1) is 0 Å². The minimum absolute atomic E-state index is 0.636. The van der Waals surface area contributed by atoms with Gasteiger partial charge < -0.3 is 54.7 Å². The predicted molar refractivity (Wildman–Crippen MR) is 66.5 cm³/mol. The fourth-order valence-corrected chi connectivity index (χ4v) is 3.05. The normalized spacial score (nSPS) is 55.7. The average Bonchev–Trinajstić information content (AvgIpc) is 2.80. The second-order valence-electron chi connectivity index (χ2n) is 5.84. The fourth-order valence-electron chi connectivity index (χ4n) is 3.05. The van der Waals surface area contributed by atoms with Crippen LogP contribution in [0.1, 0.15) is 0 Å². The zero-order valence-electron chi connectivity index (χ0n) is 11.9. The van der Waals surface area contributed by atoms with Crippen LogP contribution in [0.3, 0.4) is 0 Å². The van der Waals surface area contributed by atoms with E-state index < -0.39 is 74.3 Å². The highest BCUT2D eigenvalue weighted by atomic mass is 16.9. The van der Waals surface area contributed by atoms with E-state index in [2.05, 4.69) is 0 Å². The number of aliphatic hydroxyl groups is 7. The van der Waals surface area contributed by atoms with Crippen LogP contribution in [-0.2, 0) is 18.9 Å². The molecule has 6 unspecified atom stereocenters. The van der Waals surface area contributed by atoms with Crippen LogP contribution in [0.2, 0.25) is 0 Å². The molecule has 11 nitrogen and oxygen atoms in total. The number of aliphatic hydroxyl groups excluding tert-OH is 7. The lowest BCUT2D eigenvalue weighted by atomic mass is 9.89. The molecule has 0 aromatic heterocycles. The molecular formula is C12H20O11. The van der Waals surface area contributed by atoms with Gasteiger partial charge >= 0.3 is 0 Å². The molecule has 7 N–H and O–H groups in total. The molecule has 0 radical (unpaired) electrons. The molecule has 4 rings (SSSR count). The summed E-state index contributed by atoms with van der Waals surface area (Å²) in [5.74, 6) is -3.92. The topological polar surface area (TPSA) is 179 Å². The molecule has 0 amide bonds. The van der Waals surface area contributed by atoms with Crippen molar-refractivity contribution in [1.82, 2.24) is 0 Å². The first-order valence-electron chi connectivity index (χ1n) is 7.10. The van der Waals surface area contributed by atoms with Gasteiger partial charge in [-0.2, -0.15) is 0 Å². The van der Waals surface area contributed by atoms with E-state index in [1.807, 2.05) is 0 Å². The Morgan fingerprint density at radius 3 is 2.00 bits per heavy atom. The maximum absolute atomic E-state index is 10.1. The molecule has 4 saturated heterocycles. The van der Waals surface area contributed by atoms with Crippen molar-refractivity contribution in [3.05, 3.63) is 0 Å². The lowest BCUT2D eigenvalue weighted by molar-refractivity contribution is -0.517. The molecule has 0 aromatic rings. The van der Waals surface area contributed by atoms with Gasteiger partial charge in [0.05, 0.1) is 6.61 Å². The first kappa shape index (κ1) is 17.4. The van der Waals surface area contributed by atoms with Gasteiger partial charge in [0, 0.05) is 0 Å². The van der Waals surface area contributed by atoms with Crippen molar-refractivity contribution < 1.29 is 54.7 Å². The van der Waals surface area contributed by atoms with Gasteiger partial charge in [-0.3, -0.25) is 0 Å². The molecule has 23 heavy (non-hydrogen) atoms. The monoisotopic (exact) mass is 340 g/mol. The third-order valence-electron chi connectivity index (χ3n) is 4.47. The van der Waals surface area contributed by atoms with Gasteiger partial charge in [0.2, 0.25) is 11.6 Å². The van der Waals surface area contributed by atoms with Crippen LogP contribution in [0.4, 0.5) is 0 Å². The molecular weight excluding hydrogens is 320 g/mol. The summed E-state index contributed by atoms with van der Waals surface area (Å²) >= 11 is 0. The molecule has 9 atom stereocenters. The maximum atomic E-state index is 10.1. The summed E-state index contributed by atoms with van der Waals surface area (Å²) < 4.78 is 20.8. The van der Waals surface area contributed by atoms with Crippen LogP contribution in [-0.4, -0.2) is 110 Å². The highest BCUT2D eigenvalue weighted by Crippen LogP contribution is 2.45. The smallest absolute Gasteiger partial charge is 0.224 e. The molecule has 0 aromatic carbocycles. The second kappa shape index (κ2) is 5.82. The summed E-state index contributed by atoms with van der Waals surface area (Å²) in [5.41, 5.74) is 0. The molecule has 0 aliphatic carbocycles. The molecule has 4 heterocycles. The minimum atomic E-state index is -2.15. The molecule has 2 bridgehead atoms. The zero-order chi connectivity index (χ0) is 17.0. The first-order chi connectivity index (χ1) is 10.8. The summed E-state index contributed by atoms with van der Waals surface area (Å²) in [6.07, 6.45) is -9.85. The molecule has 4 aliphatic heterocycles. The lowest BCUT2D eigenvalue weighted by Gasteiger charge is -2.59. The maximum Gasteiger partial charge on any atom is 0.224 e. The van der Waals surface area contributed by atoms with Gasteiger partial charge in [0.25, 0.3) is 0 Å². The Morgan fingerprint density at radius 1 is 0.826 bits per heavy atom. The standard InChI is InChI=1S/C12H20O11/c13-1-4-5(16)8(18)11(2-14,20-4)22-10-6(17)7-9(19)12(3-15,21-7)23-10/h4-10,13-19H,1-3H2/t4-,5?,6?,7?,8?,9+,10+,11?,12?/m1/s1. The van der Waals surface area contributed by atoms with Gasteiger partial charge in [0.1, 0.15) is 49.8 Å². The Labute approximate surface area is 130 Å². The number of hydrogen-bond acceptors (Lipinski definition) is 11. The Hall–Kier alpha value is -0.440. The number of hydrogen-bond donors (Lipinski definition) is 7. The average molecular weight is 340 g/mol. The summed E-state index contributed by atoms with van der Waals surface area (Å²) in [6, 6.07) is 0. The summed E-state index contributed by atoms with van der Waals surface area (Å²) in [4.78, 5) is 0. The third-order valence-corrected chi connectivity index (χ3v) is 4.47. The second-order valence-corrected chi connectivity index (χ2v) is 5.84. The van der Waals surface area contributed by atoms with E-state index in [9.17, 15) is 30.6 Å². The molecule has 0 spiro atoms. The van der Waals surface area contributed by atoms with Crippen LogP contribution in [0.15, 0.2) is 0 Å². The van der Waals surface area contributed by atoms with Crippen LogP contribution >= 0.6 is 0 Å². The largest absolute Gasteiger partial charge is 0.394 e. The first-order valence-corrected chi connectivity index (χ1v) is 7.10. The van der Waals surface area contributed by atoms with Crippen LogP contribution < -0.4 is 0 Å². The third kappa shape index (κ3) is 2.33. The van der Waals surface area contributed by atoms with E-state index in [0.717, 1.165) is 0 Å². The van der Waals surface area contributed by atoms with Crippen molar-refractivity contribution in [2.24, 2.45) is 0 Å². The van der Waals surface area contributed by atoms with Gasteiger partial charge in [0.15, 0.2) is 6.29 Å². The van der Waals surface area contributed by atoms with Crippen molar-refractivity contribution in [1.29, 1.82) is 0 Å². The van der Waals surface area contributed by atoms with Gasteiger partial charge in [-0.1, -0.05) is 0 Å². The Balaban J connectivity index is 1.78. The molecule has 0 saturated carbocycles. The summed E-state index contributed by atoms with van der Waals surface area (Å²) in [5, 5.41) is 67.6. The van der Waals surface area contributed by atoms with E-state index in [4.69, 9.17) is 24.1 Å². The van der Waals surface area contributed by atoms with Crippen molar-refractivity contribution in [2.45, 2.75) is 54.5 Å². The van der Waals surface area contributed by atoms with E-state index in [1.54, 1.807) is 0 Å². The van der Waals surface area contributed by atoms with Crippen LogP contribution in [0.25, 0.3) is 0 Å². The number of rotatable bonds is 5. The Bertz CT molecular complexity index is 449. The number of ether oxygens (including phenoxy) is 4. The van der Waals surface area contributed by atoms with Crippen LogP contribution in [0.5, 0.6) is 0 Å². The highest BCUT2D eigenvalue weighted by Gasteiger charge is 2.68. The molecule has 11 heteroatoms. The van der Waals surface area contributed by atoms with E-state index in [1.165, 1.54) is 0 Å². The fraction of sp³-hybridized carbons (Fsp3) is 1.00. The van der Waals surface area contributed by atoms with Crippen molar-refractivity contribution in [3.63, 3.8) is 0 Å².